The first-order chi connectivity index (χ1) is 13.2. The average Bonchev–Trinajstić information content (AvgIpc) is 3.07. The monoisotopic (exact) mass is 365 g/mol. The SMILES string of the molecule is Fc1ccc(CCOC2=CC[C@@H]3C(=C2)C=CN3Cc2ccc(F)cc2)cc1. The fourth-order valence-electron chi connectivity index (χ4n) is 3.46. The molecule has 1 aliphatic heterocycles. The molecule has 0 unspecified atom stereocenters. The van der Waals surface area contributed by atoms with Gasteiger partial charge in [0.25, 0.3) is 0 Å². The molecule has 27 heavy (non-hydrogen) atoms. The molecule has 138 valence electrons. The Balaban J connectivity index is 1.31. The summed E-state index contributed by atoms with van der Waals surface area (Å²) in [6, 6.07) is 13.5. The predicted molar refractivity (Wildman–Crippen MR) is 102 cm³/mol. The lowest BCUT2D eigenvalue weighted by Crippen LogP contribution is -2.28. The lowest BCUT2D eigenvalue weighted by molar-refractivity contribution is 0.221. The van der Waals surface area contributed by atoms with Gasteiger partial charge in [-0.25, -0.2) is 8.78 Å². The third-order valence-corrected chi connectivity index (χ3v) is 4.95. The molecule has 2 nitrogen and oxygen atoms in total. The first-order valence-corrected chi connectivity index (χ1v) is 9.15. The van der Waals surface area contributed by atoms with Crippen molar-refractivity contribution in [1.82, 2.24) is 4.90 Å². The molecule has 2 aliphatic rings. The van der Waals surface area contributed by atoms with Crippen molar-refractivity contribution < 1.29 is 13.5 Å². The van der Waals surface area contributed by atoms with Gasteiger partial charge in [-0.1, -0.05) is 24.3 Å². The van der Waals surface area contributed by atoms with Crippen molar-refractivity contribution in [2.24, 2.45) is 0 Å². The highest BCUT2D eigenvalue weighted by molar-refractivity contribution is 5.40. The minimum Gasteiger partial charge on any atom is -0.494 e. The fraction of sp³-hybridized carbons (Fsp3) is 0.217. The Morgan fingerprint density at radius 1 is 0.926 bits per heavy atom. The van der Waals surface area contributed by atoms with Crippen LogP contribution in [0.3, 0.4) is 0 Å². The van der Waals surface area contributed by atoms with Crippen LogP contribution in [0.1, 0.15) is 17.5 Å². The average molecular weight is 365 g/mol. The molecule has 0 saturated carbocycles. The molecule has 0 radical (unpaired) electrons. The summed E-state index contributed by atoms with van der Waals surface area (Å²) in [5.74, 6) is 0.458. The van der Waals surface area contributed by atoms with E-state index >= 15 is 0 Å². The van der Waals surface area contributed by atoms with E-state index < -0.39 is 0 Å². The van der Waals surface area contributed by atoms with Gasteiger partial charge in [0.1, 0.15) is 17.4 Å². The zero-order chi connectivity index (χ0) is 18.6. The second kappa shape index (κ2) is 7.78. The standard InChI is InChI=1S/C23H21F2NO/c24-20-5-1-17(2-6-20)12-14-27-22-9-10-23-19(15-22)11-13-26(23)16-18-3-7-21(25)8-4-18/h1-9,11,13,15,23H,10,12,14,16H2/t23-/m1/s1. The molecular weight excluding hydrogens is 344 g/mol. The molecule has 2 aromatic carbocycles. The quantitative estimate of drug-likeness (QED) is 0.703. The Hall–Kier alpha value is -2.88. The third kappa shape index (κ3) is 4.27. The Kier molecular flexibility index (Phi) is 5.05. The van der Waals surface area contributed by atoms with Crippen LogP contribution in [0.2, 0.25) is 0 Å². The van der Waals surface area contributed by atoms with Crippen LogP contribution in [0.25, 0.3) is 0 Å². The summed E-state index contributed by atoms with van der Waals surface area (Å²) in [6.07, 6.45) is 10.0. The van der Waals surface area contributed by atoms with Crippen molar-refractivity contribution in [3.05, 3.63) is 107 Å². The number of nitrogens with zero attached hydrogens (tertiary/aromatic N) is 1. The van der Waals surface area contributed by atoms with Gasteiger partial charge in [0.2, 0.25) is 0 Å². The maximum absolute atomic E-state index is 13.1. The van der Waals surface area contributed by atoms with Gasteiger partial charge >= 0.3 is 0 Å². The second-order valence-corrected chi connectivity index (χ2v) is 6.84. The summed E-state index contributed by atoms with van der Waals surface area (Å²) in [6.45, 7) is 1.32. The summed E-state index contributed by atoms with van der Waals surface area (Å²) >= 11 is 0. The van der Waals surface area contributed by atoms with Crippen LogP contribution in [0.15, 0.2) is 84.3 Å². The summed E-state index contributed by atoms with van der Waals surface area (Å²) < 4.78 is 31.9. The lowest BCUT2D eigenvalue weighted by Gasteiger charge is -2.28. The van der Waals surface area contributed by atoms with Crippen LogP contribution < -0.4 is 0 Å². The van der Waals surface area contributed by atoms with Gasteiger partial charge in [0, 0.05) is 19.2 Å². The maximum atomic E-state index is 13.1. The van der Waals surface area contributed by atoms with E-state index in [1.165, 1.54) is 29.8 Å². The van der Waals surface area contributed by atoms with E-state index in [-0.39, 0.29) is 11.6 Å². The largest absolute Gasteiger partial charge is 0.494 e. The second-order valence-electron chi connectivity index (χ2n) is 6.84. The fourth-order valence-corrected chi connectivity index (χ4v) is 3.46. The van der Waals surface area contributed by atoms with Crippen LogP contribution in [-0.2, 0) is 17.7 Å². The molecule has 4 rings (SSSR count). The Bertz CT molecular complexity index is 882. The molecule has 2 aromatic rings. The van der Waals surface area contributed by atoms with Crippen molar-refractivity contribution in [1.29, 1.82) is 0 Å². The summed E-state index contributed by atoms with van der Waals surface area (Å²) in [4.78, 5) is 2.27. The smallest absolute Gasteiger partial charge is 0.123 e. The predicted octanol–water partition coefficient (Wildman–Crippen LogP) is 5.14. The molecule has 1 aliphatic carbocycles. The summed E-state index contributed by atoms with van der Waals surface area (Å²) in [5, 5.41) is 0. The van der Waals surface area contributed by atoms with Gasteiger partial charge in [0.05, 0.1) is 12.6 Å². The van der Waals surface area contributed by atoms with Crippen molar-refractivity contribution >= 4 is 0 Å². The van der Waals surface area contributed by atoms with E-state index in [0.717, 1.165) is 36.3 Å². The minimum atomic E-state index is -0.219. The molecular formula is C23H21F2NO. The van der Waals surface area contributed by atoms with E-state index in [0.29, 0.717) is 12.6 Å². The number of hydrogen-bond donors (Lipinski definition) is 0. The highest BCUT2D eigenvalue weighted by Gasteiger charge is 2.26. The minimum absolute atomic E-state index is 0.209. The van der Waals surface area contributed by atoms with E-state index in [9.17, 15) is 8.78 Å². The van der Waals surface area contributed by atoms with Crippen molar-refractivity contribution in [3.63, 3.8) is 0 Å². The molecule has 1 atom stereocenters. The van der Waals surface area contributed by atoms with E-state index in [1.54, 1.807) is 12.1 Å². The molecule has 0 amide bonds. The highest BCUT2D eigenvalue weighted by Crippen LogP contribution is 2.30. The Morgan fingerprint density at radius 2 is 1.59 bits per heavy atom. The number of benzene rings is 2. The summed E-state index contributed by atoms with van der Waals surface area (Å²) in [7, 11) is 0. The molecule has 0 N–H and O–H groups in total. The number of rotatable bonds is 6. The van der Waals surface area contributed by atoms with E-state index in [2.05, 4.69) is 29.3 Å². The molecule has 0 bridgehead atoms. The molecule has 4 heteroatoms. The van der Waals surface area contributed by atoms with Gasteiger partial charge in [-0.3, -0.25) is 0 Å². The number of fused-ring (bicyclic) bond motifs is 1. The number of ether oxygens (including phenoxy) is 1. The van der Waals surface area contributed by atoms with Crippen LogP contribution in [0.5, 0.6) is 0 Å². The number of halogens is 2. The maximum Gasteiger partial charge on any atom is 0.123 e. The van der Waals surface area contributed by atoms with Crippen molar-refractivity contribution in [3.8, 4) is 0 Å². The van der Waals surface area contributed by atoms with E-state index in [4.69, 9.17) is 4.74 Å². The Morgan fingerprint density at radius 3 is 2.30 bits per heavy atom. The molecule has 0 saturated heterocycles. The van der Waals surface area contributed by atoms with Gasteiger partial charge in [-0.15, -0.1) is 0 Å². The molecule has 0 spiro atoms. The van der Waals surface area contributed by atoms with Crippen LogP contribution in [0.4, 0.5) is 8.78 Å². The zero-order valence-electron chi connectivity index (χ0n) is 14.9. The molecule has 1 heterocycles. The van der Waals surface area contributed by atoms with Gasteiger partial charge < -0.3 is 9.64 Å². The van der Waals surface area contributed by atoms with Crippen molar-refractivity contribution in [2.45, 2.75) is 25.4 Å². The van der Waals surface area contributed by atoms with Gasteiger partial charge in [0.15, 0.2) is 0 Å². The third-order valence-electron chi connectivity index (χ3n) is 4.95. The molecule has 0 fully saturated rings. The van der Waals surface area contributed by atoms with E-state index in [1.807, 2.05) is 12.1 Å². The van der Waals surface area contributed by atoms with Crippen LogP contribution >= 0.6 is 0 Å². The van der Waals surface area contributed by atoms with Crippen LogP contribution in [0, 0.1) is 11.6 Å². The first kappa shape index (κ1) is 17.5. The van der Waals surface area contributed by atoms with Gasteiger partial charge in [-0.2, -0.15) is 0 Å². The number of allylic oxidation sites excluding steroid dienone is 1. The first-order valence-electron chi connectivity index (χ1n) is 9.15. The Labute approximate surface area is 158 Å². The van der Waals surface area contributed by atoms with Crippen LogP contribution in [-0.4, -0.2) is 17.5 Å². The zero-order valence-corrected chi connectivity index (χ0v) is 14.9. The van der Waals surface area contributed by atoms with Crippen molar-refractivity contribution in [2.75, 3.05) is 6.61 Å². The van der Waals surface area contributed by atoms with Gasteiger partial charge in [-0.05, 0) is 65.6 Å². The normalized spacial score (nSPS) is 18.1. The topological polar surface area (TPSA) is 12.5 Å². The lowest BCUT2D eigenvalue weighted by atomic mass is 9.99. The summed E-state index contributed by atoms with van der Waals surface area (Å²) in [5.41, 5.74) is 3.38. The number of hydrogen-bond acceptors (Lipinski definition) is 2. The highest BCUT2D eigenvalue weighted by atomic mass is 19.1. The molecule has 0 aromatic heterocycles.